The molecule has 0 radical (unpaired) electrons. The van der Waals surface area contributed by atoms with Crippen molar-refractivity contribution in [2.75, 3.05) is 0 Å². The minimum atomic E-state index is -0.380. The van der Waals surface area contributed by atoms with Crippen LogP contribution >= 0.6 is 11.3 Å². The molecule has 17 heavy (non-hydrogen) atoms. The molecular weight excluding hydrogens is 242 g/mol. The van der Waals surface area contributed by atoms with Gasteiger partial charge in [-0.1, -0.05) is 16.5 Å². The summed E-state index contributed by atoms with van der Waals surface area (Å²) in [6, 6.07) is 3.43. The highest BCUT2D eigenvalue weighted by Crippen LogP contribution is 2.22. The molecular formula is C10H11N3O3S. The van der Waals surface area contributed by atoms with Crippen molar-refractivity contribution >= 4 is 16.3 Å². The fraction of sp³-hybridized carbons (Fsp3) is 0.300. The molecule has 90 valence electrons. The molecule has 0 aliphatic heterocycles. The Morgan fingerprint density at radius 3 is 2.94 bits per heavy atom. The van der Waals surface area contributed by atoms with Gasteiger partial charge in [-0.25, -0.2) is 0 Å². The van der Waals surface area contributed by atoms with Gasteiger partial charge in [0.2, 0.25) is 0 Å². The predicted octanol–water partition coefficient (Wildman–Crippen LogP) is 2.24. The SMILES string of the molecule is Cc1cc(CNCc2csc([N+](=O)[O-])c2)no1. The summed E-state index contributed by atoms with van der Waals surface area (Å²) in [5, 5.41) is 19.4. The van der Waals surface area contributed by atoms with E-state index in [4.69, 9.17) is 4.52 Å². The summed E-state index contributed by atoms with van der Waals surface area (Å²) in [5.74, 6) is 0.771. The molecule has 0 fully saturated rings. The number of aromatic nitrogens is 1. The summed E-state index contributed by atoms with van der Waals surface area (Å²) < 4.78 is 4.93. The lowest BCUT2D eigenvalue weighted by molar-refractivity contribution is -0.380. The molecule has 0 amide bonds. The first kappa shape index (κ1) is 11.7. The first-order valence-electron chi connectivity index (χ1n) is 5.00. The molecule has 2 rings (SSSR count). The fourth-order valence-corrected chi connectivity index (χ4v) is 2.12. The van der Waals surface area contributed by atoms with Crippen LogP contribution in [0.15, 0.2) is 22.0 Å². The summed E-state index contributed by atoms with van der Waals surface area (Å²) >= 11 is 1.13. The van der Waals surface area contributed by atoms with Crippen LogP contribution in [0.4, 0.5) is 5.00 Å². The second-order valence-corrected chi connectivity index (χ2v) is 4.47. The van der Waals surface area contributed by atoms with E-state index < -0.39 is 0 Å². The van der Waals surface area contributed by atoms with Gasteiger partial charge in [0.15, 0.2) is 0 Å². The van der Waals surface area contributed by atoms with Crippen LogP contribution in [0, 0.1) is 17.0 Å². The van der Waals surface area contributed by atoms with Gasteiger partial charge in [0.05, 0.1) is 10.6 Å². The topological polar surface area (TPSA) is 81.2 Å². The van der Waals surface area contributed by atoms with Crippen LogP contribution in [-0.2, 0) is 13.1 Å². The maximum Gasteiger partial charge on any atom is 0.324 e. The lowest BCUT2D eigenvalue weighted by Gasteiger charge is -1.98. The molecule has 0 bridgehead atoms. The van der Waals surface area contributed by atoms with E-state index in [-0.39, 0.29) is 9.92 Å². The number of rotatable bonds is 5. The Kier molecular flexibility index (Phi) is 3.50. The first-order valence-corrected chi connectivity index (χ1v) is 5.88. The molecule has 0 atom stereocenters. The Hall–Kier alpha value is -1.73. The van der Waals surface area contributed by atoms with Crippen LogP contribution in [0.2, 0.25) is 0 Å². The van der Waals surface area contributed by atoms with Gasteiger partial charge in [0.25, 0.3) is 0 Å². The summed E-state index contributed by atoms with van der Waals surface area (Å²) in [6.07, 6.45) is 0. The van der Waals surface area contributed by atoms with Crippen LogP contribution < -0.4 is 5.32 Å². The Morgan fingerprint density at radius 1 is 1.53 bits per heavy atom. The standard InChI is InChI=1S/C10H11N3O3S/c1-7-2-9(12-16-7)5-11-4-8-3-10(13(14)15)17-6-8/h2-3,6,11H,4-5H2,1H3. The van der Waals surface area contributed by atoms with Crippen molar-refractivity contribution in [1.82, 2.24) is 10.5 Å². The van der Waals surface area contributed by atoms with E-state index in [0.717, 1.165) is 28.4 Å². The van der Waals surface area contributed by atoms with Gasteiger partial charge in [0.1, 0.15) is 5.76 Å². The predicted molar refractivity (Wildman–Crippen MR) is 62.8 cm³/mol. The van der Waals surface area contributed by atoms with Crippen molar-refractivity contribution in [3.63, 3.8) is 0 Å². The molecule has 1 N–H and O–H groups in total. The van der Waals surface area contributed by atoms with Crippen molar-refractivity contribution in [1.29, 1.82) is 0 Å². The van der Waals surface area contributed by atoms with E-state index in [0.29, 0.717) is 13.1 Å². The van der Waals surface area contributed by atoms with Gasteiger partial charge in [0, 0.05) is 30.6 Å². The molecule has 6 nitrogen and oxygen atoms in total. The molecule has 0 unspecified atom stereocenters. The first-order chi connectivity index (χ1) is 8.15. The summed E-state index contributed by atoms with van der Waals surface area (Å²) in [7, 11) is 0. The zero-order valence-electron chi connectivity index (χ0n) is 9.17. The second-order valence-electron chi connectivity index (χ2n) is 3.58. The van der Waals surface area contributed by atoms with Gasteiger partial charge in [-0.2, -0.15) is 0 Å². The van der Waals surface area contributed by atoms with Crippen molar-refractivity contribution in [2.24, 2.45) is 0 Å². The zero-order chi connectivity index (χ0) is 12.3. The number of nitrogens with one attached hydrogen (secondary N) is 1. The molecule has 0 saturated heterocycles. The largest absolute Gasteiger partial charge is 0.361 e. The smallest absolute Gasteiger partial charge is 0.324 e. The molecule has 0 saturated carbocycles. The number of nitro groups is 1. The molecule has 0 spiro atoms. The van der Waals surface area contributed by atoms with E-state index in [1.807, 2.05) is 13.0 Å². The third-order valence-electron chi connectivity index (χ3n) is 2.13. The van der Waals surface area contributed by atoms with Gasteiger partial charge >= 0.3 is 5.00 Å². The van der Waals surface area contributed by atoms with E-state index >= 15 is 0 Å². The average molecular weight is 253 g/mol. The van der Waals surface area contributed by atoms with Gasteiger partial charge in [-0.3, -0.25) is 10.1 Å². The van der Waals surface area contributed by atoms with Crippen molar-refractivity contribution in [3.8, 4) is 0 Å². The lowest BCUT2D eigenvalue weighted by atomic mass is 10.3. The zero-order valence-corrected chi connectivity index (χ0v) is 9.99. The van der Waals surface area contributed by atoms with E-state index in [2.05, 4.69) is 10.5 Å². The third-order valence-corrected chi connectivity index (χ3v) is 3.06. The fourth-order valence-electron chi connectivity index (χ4n) is 1.39. The van der Waals surface area contributed by atoms with Crippen LogP contribution in [0.1, 0.15) is 17.0 Å². The number of hydrogen-bond acceptors (Lipinski definition) is 6. The Labute approximate surface area is 101 Å². The van der Waals surface area contributed by atoms with E-state index in [1.54, 1.807) is 11.4 Å². The Morgan fingerprint density at radius 2 is 2.35 bits per heavy atom. The maximum absolute atomic E-state index is 10.5. The van der Waals surface area contributed by atoms with Crippen LogP contribution in [0.3, 0.4) is 0 Å². The average Bonchev–Trinajstić information content (AvgIpc) is 2.88. The van der Waals surface area contributed by atoms with Crippen molar-refractivity contribution in [2.45, 2.75) is 20.0 Å². The molecule has 0 aliphatic rings. The van der Waals surface area contributed by atoms with Crippen molar-refractivity contribution < 1.29 is 9.45 Å². The Balaban J connectivity index is 1.83. The number of nitrogens with zero attached hydrogens (tertiary/aromatic N) is 2. The highest BCUT2D eigenvalue weighted by molar-refractivity contribution is 7.13. The van der Waals surface area contributed by atoms with E-state index in [9.17, 15) is 10.1 Å². The van der Waals surface area contributed by atoms with Gasteiger partial charge < -0.3 is 9.84 Å². The van der Waals surface area contributed by atoms with E-state index in [1.165, 1.54) is 0 Å². The summed E-state index contributed by atoms with van der Waals surface area (Å²) in [4.78, 5) is 10.1. The molecule has 2 aromatic rings. The molecule has 2 aromatic heterocycles. The molecule has 7 heteroatoms. The number of thiophene rings is 1. The number of aryl methyl sites for hydroxylation is 1. The van der Waals surface area contributed by atoms with Gasteiger partial charge in [-0.15, -0.1) is 0 Å². The maximum atomic E-state index is 10.5. The normalized spacial score (nSPS) is 10.6. The lowest BCUT2D eigenvalue weighted by Crippen LogP contribution is -2.12. The van der Waals surface area contributed by atoms with Gasteiger partial charge in [-0.05, 0) is 12.5 Å². The minimum absolute atomic E-state index is 0.166. The third kappa shape index (κ3) is 3.11. The number of hydrogen-bond donors (Lipinski definition) is 1. The summed E-state index contributed by atoms with van der Waals surface area (Å²) in [6.45, 7) is 3.00. The van der Waals surface area contributed by atoms with Crippen LogP contribution in [-0.4, -0.2) is 10.1 Å². The second kappa shape index (κ2) is 5.07. The minimum Gasteiger partial charge on any atom is -0.361 e. The quantitative estimate of drug-likeness (QED) is 0.652. The molecule has 0 aromatic carbocycles. The van der Waals surface area contributed by atoms with Crippen LogP contribution in [0.25, 0.3) is 0 Å². The summed E-state index contributed by atoms with van der Waals surface area (Å²) in [5.41, 5.74) is 1.73. The molecule has 0 aliphatic carbocycles. The molecule has 2 heterocycles. The highest BCUT2D eigenvalue weighted by Gasteiger charge is 2.09. The highest BCUT2D eigenvalue weighted by atomic mass is 32.1. The monoisotopic (exact) mass is 253 g/mol. The van der Waals surface area contributed by atoms with Crippen LogP contribution in [0.5, 0.6) is 0 Å². The van der Waals surface area contributed by atoms with Crippen molar-refractivity contribution in [3.05, 3.63) is 44.6 Å². The Bertz CT molecular complexity index is 520.